The maximum atomic E-state index is 12.2. The van der Waals surface area contributed by atoms with Crippen LogP contribution in [-0.2, 0) is 19.5 Å². The van der Waals surface area contributed by atoms with Crippen molar-refractivity contribution in [2.24, 2.45) is 4.99 Å². The first kappa shape index (κ1) is 20.3. The average Bonchev–Trinajstić information content (AvgIpc) is 2.86. The molecular weight excluding hydrogens is 427 g/mol. The Hall–Kier alpha value is -0.710. The van der Waals surface area contributed by atoms with Crippen LogP contribution >= 0.6 is 35.7 Å². The summed E-state index contributed by atoms with van der Waals surface area (Å²) in [6, 6.07) is 0. The molecule has 0 atom stereocenters. The van der Waals surface area contributed by atoms with Crippen LogP contribution in [0.2, 0.25) is 0 Å². The van der Waals surface area contributed by atoms with Gasteiger partial charge in [-0.15, -0.1) is 24.0 Å². The molecule has 0 saturated heterocycles. The van der Waals surface area contributed by atoms with Crippen molar-refractivity contribution in [2.75, 3.05) is 32.1 Å². The molecule has 0 saturated carbocycles. The number of aliphatic imine (C=N–C) groups is 1. The summed E-state index contributed by atoms with van der Waals surface area (Å²) >= 11 is 1.80. The second kappa shape index (κ2) is 11.0. The number of halogens is 1. The standard InChI is InChI=1S/C14H26N6OS.HI/c1-15-13(17-8-11-22-2)16-7-5-10-20-14(21)19-9-4-3-6-12(19)18-20;/h3-11H2,1-2H3,(H2,15,16,17);1H. The normalized spacial score (nSPS) is 14.1. The number of nitrogens with one attached hydrogen (secondary N) is 2. The predicted octanol–water partition coefficient (Wildman–Crippen LogP) is 0.917. The van der Waals surface area contributed by atoms with Crippen LogP contribution in [0, 0.1) is 0 Å². The molecule has 23 heavy (non-hydrogen) atoms. The second-order valence-corrected chi connectivity index (χ2v) is 6.29. The van der Waals surface area contributed by atoms with Crippen LogP contribution in [0.25, 0.3) is 0 Å². The first-order valence-corrected chi connectivity index (χ1v) is 9.25. The van der Waals surface area contributed by atoms with E-state index in [-0.39, 0.29) is 29.7 Å². The van der Waals surface area contributed by atoms with Gasteiger partial charge in [-0.2, -0.15) is 16.9 Å². The van der Waals surface area contributed by atoms with Crippen LogP contribution in [0.1, 0.15) is 25.1 Å². The topological polar surface area (TPSA) is 76.2 Å². The Morgan fingerprint density at radius 1 is 1.35 bits per heavy atom. The molecule has 1 aromatic heterocycles. The van der Waals surface area contributed by atoms with Gasteiger partial charge in [0, 0.05) is 45.4 Å². The van der Waals surface area contributed by atoms with Crippen molar-refractivity contribution in [3.8, 4) is 0 Å². The molecule has 2 N–H and O–H groups in total. The minimum Gasteiger partial charge on any atom is -0.356 e. The molecule has 0 aromatic carbocycles. The molecule has 0 unspecified atom stereocenters. The Balaban J connectivity index is 0.00000264. The highest BCUT2D eigenvalue weighted by Crippen LogP contribution is 2.09. The van der Waals surface area contributed by atoms with Crippen molar-refractivity contribution in [2.45, 2.75) is 38.8 Å². The molecule has 0 radical (unpaired) electrons. The fourth-order valence-corrected chi connectivity index (χ4v) is 2.83. The number of hydrogen-bond acceptors (Lipinski definition) is 4. The molecule has 132 valence electrons. The van der Waals surface area contributed by atoms with Crippen molar-refractivity contribution in [1.29, 1.82) is 0 Å². The number of thioether (sulfide) groups is 1. The first-order valence-electron chi connectivity index (χ1n) is 7.86. The molecule has 0 fully saturated rings. The highest BCUT2D eigenvalue weighted by Gasteiger charge is 2.16. The number of nitrogens with zero attached hydrogens (tertiary/aromatic N) is 4. The monoisotopic (exact) mass is 454 g/mol. The Bertz CT molecular complexity index is 556. The molecule has 0 bridgehead atoms. The van der Waals surface area contributed by atoms with E-state index in [0.717, 1.165) is 62.9 Å². The molecule has 7 nitrogen and oxygen atoms in total. The molecule has 1 aromatic rings. The van der Waals surface area contributed by atoms with Gasteiger partial charge in [0.05, 0.1) is 0 Å². The highest BCUT2D eigenvalue weighted by atomic mass is 127. The maximum Gasteiger partial charge on any atom is 0.345 e. The Kier molecular flexibility index (Phi) is 9.68. The minimum absolute atomic E-state index is 0. The van der Waals surface area contributed by atoms with Gasteiger partial charge in [-0.3, -0.25) is 9.56 Å². The van der Waals surface area contributed by atoms with Crippen molar-refractivity contribution in [1.82, 2.24) is 25.0 Å². The van der Waals surface area contributed by atoms with Gasteiger partial charge >= 0.3 is 5.69 Å². The van der Waals surface area contributed by atoms with Crippen molar-refractivity contribution in [3.63, 3.8) is 0 Å². The zero-order valence-corrected chi connectivity index (χ0v) is 17.0. The smallest absolute Gasteiger partial charge is 0.345 e. The van der Waals surface area contributed by atoms with E-state index in [1.807, 2.05) is 4.57 Å². The van der Waals surface area contributed by atoms with Crippen molar-refractivity contribution >= 4 is 41.7 Å². The van der Waals surface area contributed by atoms with Gasteiger partial charge in [0.2, 0.25) is 0 Å². The van der Waals surface area contributed by atoms with Crippen molar-refractivity contribution in [3.05, 3.63) is 16.3 Å². The van der Waals surface area contributed by atoms with Crippen LogP contribution < -0.4 is 16.3 Å². The summed E-state index contributed by atoms with van der Waals surface area (Å²) < 4.78 is 3.42. The Morgan fingerprint density at radius 2 is 2.13 bits per heavy atom. The number of aromatic nitrogens is 3. The molecule has 0 amide bonds. The van der Waals surface area contributed by atoms with E-state index < -0.39 is 0 Å². The fourth-order valence-electron chi connectivity index (χ4n) is 2.52. The number of hydrogen-bond donors (Lipinski definition) is 2. The average molecular weight is 454 g/mol. The number of rotatable bonds is 7. The molecule has 0 aliphatic carbocycles. The zero-order chi connectivity index (χ0) is 15.8. The largest absolute Gasteiger partial charge is 0.356 e. The van der Waals surface area contributed by atoms with Gasteiger partial charge in [0.25, 0.3) is 0 Å². The maximum absolute atomic E-state index is 12.2. The molecular formula is C14H27IN6OS. The third-order valence-corrected chi connectivity index (χ3v) is 4.31. The van der Waals surface area contributed by atoms with E-state index >= 15 is 0 Å². The number of fused-ring (bicyclic) bond motifs is 1. The fraction of sp³-hybridized carbons (Fsp3) is 0.786. The summed E-state index contributed by atoms with van der Waals surface area (Å²) in [4.78, 5) is 16.3. The molecule has 0 spiro atoms. The lowest BCUT2D eigenvalue weighted by molar-refractivity contribution is 0.509. The van der Waals surface area contributed by atoms with Gasteiger partial charge < -0.3 is 10.6 Å². The predicted molar refractivity (Wildman–Crippen MR) is 107 cm³/mol. The summed E-state index contributed by atoms with van der Waals surface area (Å²) in [5, 5.41) is 10.9. The quantitative estimate of drug-likeness (QED) is 0.277. The van der Waals surface area contributed by atoms with Gasteiger partial charge in [0.1, 0.15) is 5.82 Å². The molecule has 1 aliphatic heterocycles. The second-order valence-electron chi connectivity index (χ2n) is 5.30. The summed E-state index contributed by atoms with van der Waals surface area (Å²) in [7, 11) is 1.77. The molecule has 2 rings (SSSR count). The Morgan fingerprint density at radius 3 is 2.83 bits per heavy atom. The molecule has 9 heteroatoms. The van der Waals surface area contributed by atoms with Crippen LogP contribution in [-0.4, -0.2) is 52.5 Å². The van der Waals surface area contributed by atoms with Crippen LogP contribution in [0.5, 0.6) is 0 Å². The third kappa shape index (κ3) is 6.02. The summed E-state index contributed by atoms with van der Waals surface area (Å²) in [6.45, 7) is 3.13. The van der Waals surface area contributed by atoms with E-state index in [0.29, 0.717) is 6.54 Å². The van der Waals surface area contributed by atoms with E-state index in [1.54, 1.807) is 23.5 Å². The Labute approximate surface area is 158 Å². The van der Waals surface area contributed by atoms with Gasteiger partial charge in [-0.05, 0) is 25.5 Å². The van der Waals surface area contributed by atoms with E-state index in [1.165, 1.54) is 0 Å². The molecule has 1 aliphatic rings. The summed E-state index contributed by atoms with van der Waals surface area (Å²) in [5.41, 5.74) is 0.0391. The number of aryl methyl sites for hydroxylation is 2. The van der Waals surface area contributed by atoms with E-state index in [2.05, 4.69) is 27.0 Å². The SMILES string of the molecule is CN=C(NCCCn1nc2n(c1=O)CCCC2)NCCSC.I. The van der Waals surface area contributed by atoms with Gasteiger partial charge in [0.15, 0.2) is 5.96 Å². The zero-order valence-electron chi connectivity index (χ0n) is 13.9. The summed E-state index contributed by atoms with van der Waals surface area (Å²) in [5.74, 6) is 2.81. The number of guanidine groups is 1. The first-order chi connectivity index (χ1) is 10.8. The lowest BCUT2D eigenvalue weighted by atomic mass is 10.2. The van der Waals surface area contributed by atoms with Crippen LogP contribution in [0.15, 0.2) is 9.79 Å². The van der Waals surface area contributed by atoms with Gasteiger partial charge in [-0.1, -0.05) is 0 Å². The summed E-state index contributed by atoms with van der Waals surface area (Å²) in [6.07, 6.45) is 6.07. The van der Waals surface area contributed by atoms with Crippen LogP contribution in [0.4, 0.5) is 0 Å². The lowest BCUT2D eigenvalue weighted by Gasteiger charge is -2.11. The third-order valence-electron chi connectivity index (χ3n) is 3.69. The minimum atomic E-state index is 0. The van der Waals surface area contributed by atoms with Crippen LogP contribution in [0.3, 0.4) is 0 Å². The molecule has 2 heterocycles. The van der Waals surface area contributed by atoms with Crippen molar-refractivity contribution < 1.29 is 0 Å². The highest BCUT2D eigenvalue weighted by molar-refractivity contribution is 14.0. The van der Waals surface area contributed by atoms with E-state index in [9.17, 15) is 4.79 Å². The van der Waals surface area contributed by atoms with E-state index in [4.69, 9.17) is 0 Å². The van der Waals surface area contributed by atoms with Gasteiger partial charge in [-0.25, -0.2) is 9.48 Å². The lowest BCUT2D eigenvalue weighted by Crippen LogP contribution is -2.39.